The van der Waals surface area contributed by atoms with Gasteiger partial charge in [0.1, 0.15) is 0 Å². The van der Waals surface area contributed by atoms with Crippen LogP contribution in [0.2, 0.25) is 0 Å². The van der Waals surface area contributed by atoms with E-state index in [1.807, 2.05) is 6.92 Å². The van der Waals surface area contributed by atoms with Crippen LogP contribution in [0.15, 0.2) is 48.5 Å². The number of nitrogens with one attached hydrogen (secondary N) is 2. The number of rotatable bonds is 9. The Morgan fingerprint density at radius 2 is 1.27 bits per heavy atom. The highest BCUT2D eigenvalue weighted by Gasteiger charge is 2.38. The average Bonchev–Trinajstić information content (AvgIpc) is 2.78. The Balaban J connectivity index is 1.81. The van der Waals surface area contributed by atoms with Crippen molar-refractivity contribution in [3.63, 3.8) is 0 Å². The maximum Gasteiger partial charge on any atom is 0.471 e. The van der Waals surface area contributed by atoms with Crippen molar-refractivity contribution in [1.82, 2.24) is 0 Å². The first-order valence-corrected chi connectivity index (χ1v) is 9.82. The van der Waals surface area contributed by atoms with Crippen LogP contribution in [-0.4, -0.2) is 43.1 Å². The van der Waals surface area contributed by atoms with E-state index in [4.69, 9.17) is 9.47 Å². The largest absolute Gasteiger partial charge is 0.471 e. The molecular formula is C22H21F3N2O6. The van der Waals surface area contributed by atoms with E-state index in [9.17, 15) is 32.3 Å². The number of hydrogen-bond donors (Lipinski definition) is 2. The lowest BCUT2D eigenvalue weighted by Crippen LogP contribution is -2.29. The van der Waals surface area contributed by atoms with Gasteiger partial charge in [0.25, 0.3) is 5.91 Å². The van der Waals surface area contributed by atoms with Crippen LogP contribution in [0.5, 0.6) is 0 Å². The third-order valence-electron chi connectivity index (χ3n) is 4.11. The van der Waals surface area contributed by atoms with Gasteiger partial charge in [0.2, 0.25) is 0 Å². The fraction of sp³-hybridized carbons (Fsp3) is 0.273. The Labute approximate surface area is 187 Å². The third-order valence-corrected chi connectivity index (χ3v) is 4.11. The van der Waals surface area contributed by atoms with Crippen molar-refractivity contribution in [2.24, 2.45) is 0 Å². The number of unbranched alkanes of at least 4 members (excludes halogenated alkanes) is 1. The van der Waals surface area contributed by atoms with Gasteiger partial charge in [-0.15, -0.1) is 0 Å². The molecule has 0 saturated heterocycles. The van der Waals surface area contributed by atoms with E-state index >= 15 is 0 Å². The first-order chi connectivity index (χ1) is 15.6. The van der Waals surface area contributed by atoms with Gasteiger partial charge in [0.05, 0.1) is 17.7 Å². The number of benzene rings is 2. The van der Waals surface area contributed by atoms with Crippen LogP contribution in [0, 0.1) is 0 Å². The summed E-state index contributed by atoms with van der Waals surface area (Å²) in [5, 5.41) is 4.13. The SMILES string of the molecule is CCCCOC(=O)c1ccc(NC(=O)COC(=O)c2ccc(NC(=O)C(F)(F)F)cc2)cc1. The highest BCUT2D eigenvalue weighted by atomic mass is 19.4. The number of carbonyl (C=O) groups is 4. The topological polar surface area (TPSA) is 111 Å². The van der Waals surface area contributed by atoms with Gasteiger partial charge in [0, 0.05) is 11.4 Å². The zero-order valence-corrected chi connectivity index (χ0v) is 17.5. The molecule has 0 spiro atoms. The molecule has 2 aromatic rings. The molecule has 2 rings (SSSR count). The second-order valence-corrected chi connectivity index (χ2v) is 6.72. The third kappa shape index (κ3) is 8.28. The van der Waals surface area contributed by atoms with Crippen molar-refractivity contribution in [3.05, 3.63) is 59.7 Å². The van der Waals surface area contributed by atoms with Crippen molar-refractivity contribution in [2.45, 2.75) is 25.9 Å². The number of anilines is 2. The molecule has 2 aromatic carbocycles. The van der Waals surface area contributed by atoms with Crippen LogP contribution in [0.25, 0.3) is 0 Å². The lowest BCUT2D eigenvalue weighted by atomic mass is 10.2. The second kappa shape index (κ2) is 11.7. The average molecular weight is 466 g/mol. The fourth-order valence-electron chi connectivity index (χ4n) is 2.39. The van der Waals surface area contributed by atoms with Crippen LogP contribution in [0.1, 0.15) is 40.5 Å². The molecule has 0 saturated carbocycles. The summed E-state index contributed by atoms with van der Waals surface area (Å²) < 4.78 is 46.7. The Bertz CT molecular complexity index is 989. The number of alkyl halides is 3. The highest BCUT2D eigenvalue weighted by molar-refractivity contribution is 5.97. The monoisotopic (exact) mass is 466 g/mol. The normalized spacial score (nSPS) is 10.8. The van der Waals surface area contributed by atoms with Gasteiger partial charge >= 0.3 is 24.0 Å². The summed E-state index contributed by atoms with van der Waals surface area (Å²) in [6, 6.07) is 10.4. The van der Waals surface area contributed by atoms with Crippen molar-refractivity contribution < 1.29 is 41.8 Å². The molecule has 0 fully saturated rings. The molecule has 0 heterocycles. The molecule has 33 heavy (non-hydrogen) atoms. The van der Waals surface area contributed by atoms with Crippen molar-refractivity contribution in [1.29, 1.82) is 0 Å². The number of hydrogen-bond acceptors (Lipinski definition) is 6. The predicted molar refractivity (Wildman–Crippen MR) is 112 cm³/mol. The van der Waals surface area contributed by atoms with E-state index in [0.29, 0.717) is 17.9 Å². The molecule has 11 heteroatoms. The van der Waals surface area contributed by atoms with E-state index in [-0.39, 0.29) is 11.3 Å². The number of ether oxygens (including phenoxy) is 2. The minimum atomic E-state index is -5.04. The molecule has 0 unspecified atom stereocenters. The molecule has 0 aliphatic carbocycles. The summed E-state index contributed by atoms with van der Waals surface area (Å²) in [5.74, 6) is -4.14. The molecule has 2 amide bonds. The van der Waals surface area contributed by atoms with E-state index in [2.05, 4.69) is 5.32 Å². The van der Waals surface area contributed by atoms with Crippen molar-refractivity contribution in [3.8, 4) is 0 Å². The Kier molecular flexibility index (Phi) is 8.96. The lowest BCUT2D eigenvalue weighted by molar-refractivity contribution is -0.167. The molecule has 0 atom stereocenters. The van der Waals surface area contributed by atoms with Gasteiger partial charge < -0.3 is 20.1 Å². The molecule has 2 N–H and O–H groups in total. The summed E-state index contributed by atoms with van der Waals surface area (Å²) in [6.45, 7) is 1.68. The van der Waals surface area contributed by atoms with E-state index in [1.54, 1.807) is 5.32 Å². The zero-order chi connectivity index (χ0) is 24.4. The van der Waals surface area contributed by atoms with Crippen LogP contribution < -0.4 is 10.6 Å². The van der Waals surface area contributed by atoms with Crippen molar-refractivity contribution in [2.75, 3.05) is 23.8 Å². The summed E-state index contributed by atoms with van der Waals surface area (Å²) in [5.41, 5.74) is 0.499. The number of halogens is 3. The van der Waals surface area contributed by atoms with Crippen LogP contribution in [0.3, 0.4) is 0 Å². The van der Waals surface area contributed by atoms with Crippen LogP contribution in [-0.2, 0) is 19.1 Å². The van der Waals surface area contributed by atoms with Crippen LogP contribution in [0.4, 0.5) is 24.5 Å². The molecule has 0 aliphatic rings. The lowest BCUT2D eigenvalue weighted by Gasteiger charge is -2.09. The molecule has 0 aliphatic heterocycles. The van der Waals surface area contributed by atoms with Gasteiger partial charge in [-0.1, -0.05) is 13.3 Å². The van der Waals surface area contributed by atoms with Gasteiger partial charge in [0.15, 0.2) is 6.61 Å². The Morgan fingerprint density at radius 3 is 1.76 bits per heavy atom. The van der Waals surface area contributed by atoms with Gasteiger partial charge in [-0.2, -0.15) is 13.2 Å². The molecule has 0 aromatic heterocycles. The quantitative estimate of drug-likeness (QED) is 0.428. The molecule has 176 valence electrons. The minimum absolute atomic E-state index is 0.0289. The number of carbonyl (C=O) groups excluding carboxylic acids is 4. The fourth-order valence-corrected chi connectivity index (χ4v) is 2.39. The minimum Gasteiger partial charge on any atom is -0.462 e. The number of esters is 2. The van der Waals surface area contributed by atoms with E-state index in [0.717, 1.165) is 37.1 Å². The Hall–Kier alpha value is -3.89. The Morgan fingerprint density at radius 1 is 0.788 bits per heavy atom. The maximum atomic E-state index is 12.2. The highest BCUT2D eigenvalue weighted by Crippen LogP contribution is 2.19. The second-order valence-electron chi connectivity index (χ2n) is 6.72. The summed E-state index contributed by atoms with van der Waals surface area (Å²) in [4.78, 5) is 46.7. The molecule has 0 radical (unpaired) electrons. The standard InChI is InChI=1S/C22H21F3N2O6/c1-2-3-12-32-19(29)14-4-8-16(9-5-14)26-18(28)13-33-20(30)15-6-10-17(11-7-15)27-21(31)22(23,24)25/h4-11H,2-3,12-13H2,1H3,(H,26,28)(H,27,31). The molecule has 0 bridgehead atoms. The van der Waals surface area contributed by atoms with E-state index < -0.39 is 36.5 Å². The zero-order valence-electron chi connectivity index (χ0n) is 17.5. The van der Waals surface area contributed by atoms with Gasteiger partial charge in [-0.3, -0.25) is 9.59 Å². The first-order valence-electron chi connectivity index (χ1n) is 9.82. The summed E-state index contributed by atoms with van der Waals surface area (Å²) >= 11 is 0. The van der Waals surface area contributed by atoms with Crippen molar-refractivity contribution >= 4 is 35.1 Å². The maximum absolute atomic E-state index is 12.2. The molecule has 8 nitrogen and oxygen atoms in total. The summed E-state index contributed by atoms with van der Waals surface area (Å²) in [6.07, 6.45) is -3.38. The smallest absolute Gasteiger partial charge is 0.462 e. The molecular weight excluding hydrogens is 445 g/mol. The van der Waals surface area contributed by atoms with Gasteiger partial charge in [-0.25, -0.2) is 9.59 Å². The number of amides is 2. The first kappa shape index (κ1) is 25.4. The van der Waals surface area contributed by atoms with Crippen LogP contribution >= 0.6 is 0 Å². The van der Waals surface area contributed by atoms with E-state index in [1.165, 1.54) is 24.3 Å². The van der Waals surface area contributed by atoms with Gasteiger partial charge in [-0.05, 0) is 55.0 Å². The summed E-state index contributed by atoms with van der Waals surface area (Å²) in [7, 11) is 0. The predicted octanol–water partition coefficient (Wildman–Crippen LogP) is 3.94.